The van der Waals surface area contributed by atoms with Gasteiger partial charge in [0.1, 0.15) is 5.03 Å². The second kappa shape index (κ2) is 7.88. The fourth-order valence-corrected chi connectivity index (χ4v) is 3.97. The van der Waals surface area contributed by atoms with Gasteiger partial charge in [0.05, 0.1) is 22.4 Å². The van der Waals surface area contributed by atoms with Crippen molar-refractivity contribution in [3.8, 4) is 0 Å². The highest BCUT2D eigenvalue weighted by Crippen LogP contribution is 2.34. The molecule has 0 fully saturated rings. The molecule has 0 saturated carbocycles. The number of nitrogens with zero attached hydrogens (tertiary/aromatic N) is 1. The third-order valence-electron chi connectivity index (χ3n) is 4.18. The van der Waals surface area contributed by atoms with Crippen molar-refractivity contribution >= 4 is 29.3 Å². The number of amides is 1. The number of carbonyl (C=O) groups is 1. The SMILES string of the molecule is O=C(CSc1ncc(C(F)(F)F)cc1Cl)NC1CCCc2ccccc21. The van der Waals surface area contributed by atoms with Crippen molar-refractivity contribution < 1.29 is 18.0 Å². The summed E-state index contributed by atoms with van der Waals surface area (Å²) in [7, 11) is 0. The van der Waals surface area contributed by atoms with E-state index in [4.69, 9.17) is 11.6 Å². The van der Waals surface area contributed by atoms with E-state index in [1.54, 1.807) is 0 Å². The number of thioether (sulfide) groups is 1. The van der Waals surface area contributed by atoms with Gasteiger partial charge in [-0.15, -0.1) is 0 Å². The van der Waals surface area contributed by atoms with Gasteiger partial charge in [-0.1, -0.05) is 47.6 Å². The van der Waals surface area contributed by atoms with Crippen molar-refractivity contribution in [2.24, 2.45) is 0 Å². The first-order chi connectivity index (χ1) is 12.3. The maximum Gasteiger partial charge on any atom is 0.417 e. The van der Waals surface area contributed by atoms with E-state index in [9.17, 15) is 18.0 Å². The van der Waals surface area contributed by atoms with Crippen LogP contribution in [0, 0.1) is 0 Å². The Hall–Kier alpha value is -1.73. The van der Waals surface area contributed by atoms with E-state index in [0.717, 1.165) is 48.9 Å². The molecule has 8 heteroatoms. The number of nitrogens with one attached hydrogen (secondary N) is 1. The van der Waals surface area contributed by atoms with Gasteiger partial charge in [0.25, 0.3) is 0 Å². The Morgan fingerprint density at radius 1 is 1.35 bits per heavy atom. The molecule has 0 saturated heterocycles. The number of rotatable bonds is 4. The Labute approximate surface area is 158 Å². The topological polar surface area (TPSA) is 42.0 Å². The number of alkyl halides is 3. The van der Waals surface area contributed by atoms with Crippen LogP contribution in [0.15, 0.2) is 41.6 Å². The summed E-state index contributed by atoms with van der Waals surface area (Å²) >= 11 is 6.88. The molecule has 1 aromatic heterocycles. The van der Waals surface area contributed by atoms with Crippen molar-refractivity contribution in [1.29, 1.82) is 0 Å². The quantitative estimate of drug-likeness (QED) is 0.731. The van der Waals surface area contributed by atoms with Crippen LogP contribution in [0.3, 0.4) is 0 Å². The number of pyridine rings is 1. The normalized spacial score (nSPS) is 16.8. The van der Waals surface area contributed by atoms with Crippen LogP contribution in [0.2, 0.25) is 5.02 Å². The number of halogens is 4. The van der Waals surface area contributed by atoms with E-state index >= 15 is 0 Å². The Morgan fingerprint density at radius 3 is 2.85 bits per heavy atom. The third kappa shape index (κ3) is 4.51. The van der Waals surface area contributed by atoms with Gasteiger partial charge in [0, 0.05) is 6.20 Å². The molecular formula is C18H16ClF3N2OS. The lowest BCUT2D eigenvalue weighted by Gasteiger charge is -2.26. The average Bonchev–Trinajstić information content (AvgIpc) is 2.60. The molecule has 0 aliphatic heterocycles. The molecule has 1 aromatic carbocycles. The number of hydrogen-bond acceptors (Lipinski definition) is 3. The predicted octanol–water partition coefficient (Wildman–Crippen LogP) is 5.04. The second-order valence-electron chi connectivity index (χ2n) is 6.01. The minimum absolute atomic E-state index is 0.0379. The lowest BCUT2D eigenvalue weighted by molar-refractivity contribution is -0.137. The van der Waals surface area contributed by atoms with Crippen LogP contribution in [0.1, 0.15) is 35.6 Å². The summed E-state index contributed by atoms with van der Waals surface area (Å²) in [6, 6.07) is 8.80. The number of hydrogen-bond donors (Lipinski definition) is 1. The van der Waals surface area contributed by atoms with Gasteiger partial charge in [-0.2, -0.15) is 13.2 Å². The van der Waals surface area contributed by atoms with Crippen LogP contribution >= 0.6 is 23.4 Å². The van der Waals surface area contributed by atoms with E-state index < -0.39 is 11.7 Å². The predicted molar refractivity (Wildman–Crippen MR) is 95.2 cm³/mol. The van der Waals surface area contributed by atoms with Gasteiger partial charge in [-0.3, -0.25) is 4.79 Å². The minimum Gasteiger partial charge on any atom is -0.349 e. The number of aromatic nitrogens is 1. The molecule has 1 aliphatic carbocycles. The summed E-state index contributed by atoms with van der Waals surface area (Å²) in [6.07, 6.45) is -0.897. The van der Waals surface area contributed by atoms with Crippen LogP contribution in [-0.2, 0) is 17.4 Å². The molecule has 138 valence electrons. The van der Waals surface area contributed by atoms with Crippen molar-refractivity contribution in [2.75, 3.05) is 5.75 Å². The summed E-state index contributed by atoms with van der Waals surface area (Å²) in [4.78, 5) is 16.0. The molecule has 0 radical (unpaired) electrons. The maximum absolute atomic E-state index is 12.6. The molecule has 26 heavy (non-hydrogen) atoms. The standard InChI is InChI=1S/C18H16ClF3N2OS/c19-14-8-12(18(20,21)22)9-23-17(14)26-10-16(25)24-15-7-3-5-11-4-1-2-6-13(11)15/h1-2,4,6,8-9,15H,3,5,7,10H2,(H,24,25). The monoisotopic (exact) mass is 400 g/mol. The average molecular weight is 401 g/mol. The van der Waals surface area contributed by atoms with Crippen LogP contribution in [-0.4, -0.2) is 16.6 Å². The zero-order chi connectivity index (χ0) is 18.7. The van der Waals surface area contributed by atoms with Crippen LogP contribution < -0.4 is 5.32 Å². The number of carbonyl (C=O) groups excluding carboxylic acids is 1. The zero-order valence-corrected chi connectivity index (χ0v) is 15.2. The smallest absolute Gasteiger partial charge is 0.349 e. The molecule has 3 rings (SSSR count). The highest BCUT2D eigenvalue weighted by Gasteiger charge is 2.31. The number of fused-ring (bicyclic) bond motifs is 1. The minimum atomic E-state index is -4.49. The first-order valence-electron chi connectivity index (χ1n) is 8.07. The Morgan fingerprint density at radius 2 is 2.12 bits per heavy atom. The molecule has 0 spiro atoms. The second-order valence-corrected chi connectivity index (χ2v) is 7.38. The molecule has 1 atom stereocenters. The fourth-order valence-electron chi connectivity index (χ4n) is 2.96. The van der Waals surface area contributed by atoms with Crippen LogP contribution in [0.4, 0.5) is 13.2 Å². The van der Waals surface area contributed by atoms with Gasteiger partial charge < -0.3 is 5.32 Å². The molecule has 1 aliphatic rings. The van der Waals surface area contributed by atoms with E-state index in [2.05, 4.69) is 16.4 Å². The van der Waals surface area contributed by atoms with Crippen molar-refractivity contribution in [3.05, 3.63) is 58.2 Å². The molecule has 1 amide bonds. The molecule has 1 heterocycles. The zero-order valence-electron chi connectivity index (χ0n) is 13.6. The highest BCUT2D eigenvalue weighted by molar-refractivity contribution is 8.00. The Balaban J connectivity index is 1.60. The van der Waals surface area contributed by atoms with Gasteiger partial charge in [0.15, 0.2) is 0 Å². The molecule has 3 nitrogen and oxygen atoms in total. The van der Waals surface area contributed by atoms with Crippen molar-refractivity contribution in [1.82, 2.24) is 10.3 Å². The lowest BCUT2D eigenvalue weighted by atomic mass is 9.88. The molecule has 2 aromatic rings. The molecule has 1 unspecified atom stereocenters. The molecule has 0 bridgehead atoms. The molecular weight excluding hydrogens is 385 g/mol. The summed E-state index contributed by atoms with van der Waals surface area (Å²) in [5, 5.41) is 3.09. The van der Waals surface area contributed by atoms with Crippen molar-refractivity contribution in [2.45, 2.75) is 36.5 Å². The summed E-state index contributed by atoms with van der Waals surface area (Å²) in [6.45, 7) is 0. The van der Waals surface area contributed by atoms with E-state index in [-0.39, 0.29) is 27.8 Å². The van der Waals surface area contributed by atoms with Gasteiger partial charge >= 0.3 is 6.18 Å². The Kier molecular flexibility index (Phi) is 5.77. The van der Waals surface area contributed by atoms with Gasteiger partial charge in [-0.25, -0.2) is 4.98 Å². The van der Waals surface area contributed by atoms with Gasteiger partial charge in [-0.05, 0) is 36.5 Å². The van der Waals surface area contributed by atoms with Gasteiger partial charge in [0.2, 0.25) is 5.91 Å². The van der Waals surface area contributed by atoms with Crippen LogP contribution in [0.5, 0.6) is 0 Å². The first-order valence-corrected chi connectivity index (χ1v) is 9.43. The maximum atomic E-state index is 12.6. The van der Waals surface area contributed by atoms with Crippen molar-refractivity contribution in [3.63, 3.8) is 0 Å². The summed E-state index contributed by atoms with van der Waals surface area (Å²) in [5.74, 6) is -0.161. The third-order valence-corrected chi connectivity index (χ3v) is 5.58. The fraction of sp³-hybridized carbons (Fsp3) is 0.333. The van der Waals surface area contributed by atoms with E-state index in [1.807, 2.05) is 18.2 Å². The lowest BCUT2D eigenvalue weighted by Crippen LogP contribution is -2.32. The number of aryl methyl sites for hydroxylation is 1. The van der Waals surface area contributed by atoms with E-state index in [1.165, 1.54) is 5.56 Å². The Bertz CT molecular complexity index is 813. The van der Waals surface area contributed by atoms with Crippen LogP contribution in [0.25, 0.3) is 0 Å². The van der Waals surface area contributed by atoms with E-state index in [0.29, 0.717) is 0 Å². The first kappa shape index (κ1) is 19.0. The molecule has 1 N–H and O–H groups in total. The number of benzene rings is 1. The summed E-state index contributed by atoms with van der Waals surface area (Å²) in [5.41, 5.74) is 1.46. The largest absolute Gasteiger partial charge is 0.417 e. The summed E-state index contributed by atoms with van der Waals surface area (Å²) < 4.78 is 37.9. The highest BCUT2D eigenvalue weighted by atomic mass is 35.5.